The van der Waals surface area contributed by atoms with Crippen LogP contribution in [0, 0.1) is 13.8 Å². The number of amides is 1. The first-order valence-corrected chi connectivity index (χ1v) is 10.9. The van der Waals surface area contributed by atoms with Crippen LogP contribution in [0.4, 0.5) is 5.69 Å². The number of methoxy groups -OCH3 is 1. The Morgan fingerprint density at radius 3 is 1.78 bits per heavy atom. The van der Waals surface area contributed by atoms with E-state index in [1.165, 1.54) is 43.5 Å². The summed E-state index contributed by atoms with van der Waals surface area (Å²) in [5.74, 6) is -4.19. The third-order valence-corrected chi connectivity index (χ3v) is 5.09. The molecule has 0 fully saturated rings. The maximum absolute atomic E-state index is 13.2. The Labute approximate surface area is 207 Å². The van der Waals surface area contributed by atoms with Gasteiger partial charge in [-0.25, -0.2) is 14.4 Å². The van der Waals surface area contributed by atoms with Crippen LogP contribution in [0.2, 0.25) is 0 Å². The Morgan fingerprint density at radius 2 is 1.28 bits per heavy atom. The van der Waals surface area contributed by atoms with Crippen molar-refractivity contribution in [2.24, 2.45) is 0 Å². The number of anilines is 1. The maximum Gasteiger partial charge on any atom is 0.349 e. The zero-order valence-corrected chi connectivity index (χ0v) is 19.9. The van der Waals surface area contributed by atoms with Crippen LogP contribution in [-0.4, -0.2) is 48.2 Å². The average Bonchev–Trinajstić information content (AvgIpc) is 2.85. The molecule has 3 aromatic carbocycles. The van der Waals surface area contributed by atoms with E-state index in [4.69, 9.17) is 14.2 Å². The molecule has 3 rings (SSSR count). The average molecular weight is 491 g/mol. The normalized spacial score (nSPS) is 12.1. The number of hydrogen-bond acceptors (Lipinski definition) is 7. The molecule has 0 saturated carbocycles. The number of aliphatic carboxylic acids is 1. The third kappa shape index (κ3) is 6.69. The van der Waals surface area contributed by atoms with E-state index < -0.39 is 36.0 Å². The van der Waals surface area contributed by atoms with Crippen molar-refractivity contribution in [3.05, 3.63) is 95.1 Å². The molecular weight excluding hydrogens is 466 g/mol. The summed E-state index contributed by atoms with van der Waals surface area (Å²) >= 11 is 0. The van der Waals surface area contributed by atoms with Crippen molar-refractivity contribution in [1.82, 2.24) is 0 Å². The van der Waals surface area contributed by atoms with Crippen LogP contribution in [0.15, 0.2) is 72.8 Å². The molecule has 186 valence electrons. The number of carboxylic acids is 1. The Bertz CT molecular complexity index is 1290. The SMILES string of the molecule is COc1cccc(NC(=O)[C@@H](OC(=O)c2cccc(C)c2)[C@@H](OC(=O)c2cccc(C)c2)C(=O)O)c1. The summed E-state index contributed by atoms with van der Waals surface area (Å²) < 4.78 is 15.6. The molecule has 0 aliphatic heterocycles. The van der Waals surface area contributed by atoms with Gasteiger partial charge in [0.1, 0.15) is 5.75 Å². The van der Waals surface area contributed by atoms with Crippen molar-refractivity contribution >= 4 is 29.5 Å². The lowest BCUT2D eigenvalue weighted by Gasteiger charge is -2.23. The first kappa shape index (κ1) is 26.0. The summed E-state index contributed by atoms with van der Waals surface area (Å²) in [7, 11) is 1.44. The highest BCUT2D eigenvalue weighted by Crippen LogP contribution is 2.20. The lowest BCUT2D eigenvalue weighted by Crippen LogP contribution is -2.48. The van der Waals surface area contributed by atoms with E-state index in [1.54, 1.807) is 50.2 Å². The number of esters is 2. The highest BCUT2D eigenvalue weighted by atomic mass is 16.6. The zero-order valence-electron chi connectivity index (χ0n) is 19.9. The van der Waals surface area contributed by atoms with Gasteiger partial charge in [0.2, 0.25) is 12.2 Å². The van der Waals surface area contributed by atoms with Crippen molar-refractivity contribution in [3.8, 4) is 5.75 Å². The van der Waals surface area contributed by atoms with E-state index in [-0.39, 0.29) is 16.8 Å². The molecule has 0 aromatic heterocycles. The monoisotopic (exact) mass is 491 g/mol. The number of aryl methyl sites for hydroxylation is 2. The molecule has 36 heavy (non-hydrogen) atoms. The number of benzene rings is 3. The fourth-order valence-electron chi connectivity index (χ4n) is 3.32. The Kier molecular flexibility index (Phi) is 8.40. The van der Waals surface area contributed by atoms with Crippen LogP contribution in [0.25, 0.3) is 0 Å². The van der Waals surface area contributed by atoms with Crippen molar-refractivity contribution < 1.29 is 38.5 Å². The summed E-state index contributed by atoms with van der Waals surface area (Å²) in [5.41, 5.74) is 1.93. The molecule has 0 bridgehead atoms. The second-order valence-electron chi connectivity index (χ2n) is 7.95. The Hall–Kier alpha value is -4.66. The van der Waals surface area contributed by atoms with Crippen LogP contribution >= 0.6 is 0 Å². The third-order valence-electron chi connectivity index (χ3n) is 5.09. The second kappa shape index (κ2) is 11.7. The fourth-order valence-corrected chi connectivity index (χ4v) is 3.32. The van der Waals surface area contributed by atoms with E-state index >= 15 is 0 Å². The van der Waals surface area contributed by atoms with Crippen LogP contribution in [0.1, 0.15) is 31.8 Å². The fraction of sp³-hybridized carbons (Fsp3) is 0.185. The lowest BCUT2D eigenvalue weighted by atomic mass is 10.1. The molecule has 0 aliphatic rings. The van der Waals surface area contributed by atoms with Crippen molar-refractivity contribution in [3.63, 3.8) is 0 Å². The summed E-state index contributed by atoms with van der Waals surface area (Å²) in [5, 5.41) is 12.3. The highest BCUT2D eigenvalue weighted by Gasteiger charge is 2.41. The first-order chi connectivity index (χ1) is 17.2. The van der Waals surface area contributed by atoms with E-state index in [0.717, 1.165) is 11.1 Å². The minimum atomic E-state index is -2.13. The number of nitrogens with one attached hydrogen (secondary N) is 1. The number of rotatable bonds is 9. The van der Waals surface area contributed by atoms with Gasteiger partial charge in [0.25, 0.3) is 5.91 Å². The number of carbonyl (C=O) groups is 4. The molecule has 0 radical (unpaired) electrons. The van der Waals surface area contributed by atoms with Crippen LogP contribution in [-0.2, 0) is 19.1 Å². The molecule has 0 saturated heterocycles. The van der Waals surface area contributed by atoms with Gasteiger partial charge in [0.15, 0.2) is 0 Å². The summed E-state index contributed by atoms with van der Waals surface area (Å²) in [6.07, 6.45) is -4.13. The number of ether oxygens (including phenoxy) is 3. The van der Waals surface area contributed by atoms with E-state index in [1.807, 2.05) is 0 Å². The summed E-state index contributed by atoms with van der Waals surface area (Å²) in [6.45, 7) is 3.51. The van der Waals surface area contributed by atoms with Gasteiger partial charge in [-0.2, -0.15) is 0 Å². The molecule has 9 nitrogen and oxygen atoms in total. The Balaban J connectivity index is 1.93. The maximum atomic E-state index is 13.2. The van der Waals surface area contributed by atoms with E-state index in [9.17, 15) is 24.3 Å². The summed E-state index contributed by atoms with van der Waals surface area (Å²) in [4.78, 5) is 50.9. The van der Waals surface area contributed by atoms with Gasteiger partial charge < -0.3 is 24.6 Å². The lowest BCUT2D eigenvalue weighted by molar-refractivity contribution is -0.157. The van der Waals surface area contributed by atoms with Crippen LogP contribution in [0.5, 0.6) is 5.75 Å². The van der Waals surface area contributed by atoms with Gasteiger partial charge >= 0.3 is 17.9 Å². The predicted octanol–water partition coefficient (Wildman–Crippen LogP) is 3.79. The summed E-state index contributed by atoms with van der Waals surface area (Å²) in [6, 6.07) is 18.9. The molecule has 9 heteroatoms. The number of carbonyl (C=O) groups excluding carboxylic acids is 3. The van der Waals surface area contributed by atoms with Crippen molar-refractivity contribution in [1.29, 1.82) is 0 Å². The van der Waals surface area contributed by atoms with Gasteiger partial charge in [-0.15, -0.1) is 0 Å². The van der Waals surface area contributed by atoms with Gasteiger partial charge in [-0.1, -0.05) is 41.5 Å². The largest absolute Gasteiger partial charge is 0.497 e. The molecule has 2 atom stereocenters. The molecule has 1 amide bonds. The minimum Gasteiger partial charge on any atom is -0.497 e. The van der Waals surface area contributed by atoms with Gasteiger partial charge in [-0.3, -0.25) is 4.79 Å². The molecule has 0 spiro atoms. The highest BCUT2D eigenvalue weighted by molar-refractivity contribution is 6.01. The number of carboxylic acid groups (broad SMARTS) is 1. The van der Waals surface area contributed by atoms with Crippen LogP contribution < -0.4 is 10.1 Å². The number of hydrogen-bond donors (Lipinski definition) is 2. The van der Waals surface area contributed by atoms with Crippen molar-refractivity contribution in [2.75, 3.05) is 12.4 Å². The second-order valence-corrected chi connectivity index (χ2v) is 7.95. The minimum absolute atomic E-state index is 0.0817. The molecule has 0 heterocycles. The molecule has 3 aromatic rings. The molecule has 0 aliphatic carbocycles. The quantitative estimate of drug-likeness (QED) is 0.433. The predicted molar refractivity (Wildman–Crippen MR) is 130 cm³/mol. The topological polar surface area (TPSA) is 128 Å². The van der Waals surface area contributed by atoms with Crippen LogP contribution in [0.3, 0.4) is 0 Å². The molecule has 2 N–H and O–H groups in total. The first-order valence-electron chi connectivity index (χ1n) is 10.9. The van der Waals surface area contributed by atoms with Crippen molar-refractivity contribution in [2.45, 2.75) is 26.1 Å². The van der Waals surface area contributed by atoms with E-state index in [0.29, 0.717) is 5.75 Å². The zero-order chi connectivity index (χ0) is 26.2. The molecule has 0 unspecified atom stereocenters. The van der Waals surface area contributed by atoms with E-state index in [2.05, 4.69) is 5.32 Å². The Morgan fingerprint density at radius 1 is 0.750 bits per heavy atom. The van der Waals surface area contributed by atoms with Gasteiger partial charge in [-0.05, 0) is 50.2 Å². The van der Waals surface area contributed by atoms with Gasteiger partial charge in [0.05, 0.1) is 18.2 Å². The smallest absolute Gasteiger partial charge is 0.349 e. The standard InChI is InChI=1S/C27H25NO8/c1-16-7-4-9-18(13-16)26(32)35-22(24(29)28-20-11-6-12-21(15-20)34-3)23(25(30)31)36-27(33)19-10-5-8-17(2)14-19/h4-15,22-23H,1-3H3,(H,28,29)(H,30,31)/t22-,23+/m0/s1. The van der Waals surface area contributed by atoms with Gasteiger partial charge in [0, 0.05) is 11.8 Å². The molecular formula is C27H25NO8.